The summed E-state index contributed by atoms with van der Waals surface area (Å²) in [6, 6.07) is 13.6. The second-order valence-corrected chi connectivity index (χ2v) is 9.32. The summed E-state index contributed by atoms with van der Waals surface area (Å²) in [4.78, 5) is 15.2. The summed E-state index contributed by atoms with van der Waals surface area (Å²) >= 11 is 0. The Labute approximate surface area is 189 Å². The van der Waals surface area contributed by atoms with E-state index in [1.54, 1.807) is 24.1 Å². The molecule has 3 rings (SSSR count). The van der Waals surface area contributed by atoms with Crippen molar-refractivity contribution in [1.29, 1.82) is 0 Å². The number of amides is 1. The molecule has 0 saturated carbocycles. The van der Waals surface area contributed by atoms with Crippen molar-refractivity contribution in [3.63, 3.8) is 0 Å². The number of carbonyl (C=O) groups excluding carboxylic acids is 1. The molecule has 174 valence electrons. The van der Waals surface area contributed by atoms with E-state index in [2.05, 4.69) is 4.72 Å². The molecule has 1 aliphatic rings. The Morgan fingerprint density at radius 2 is 2.00 bits per heavy atom. The molecule has 1 amide bonds. The smallest absolute Gasteiger partial charge is 0.254 e. The molecule has 1 heterocycles. The number of nitrogens with one attached hydrogen (secondary N) is 1. The second kappa shape index (κ2) is 11.4. The molecule has 1 saturated heterocycles. The van der Waals surface area contributed by atoms with Crippen LogP contribution in [0, 0.1) is 0 Å². The number of hydrogen-bond donors (Lipinski definition) is 1. The zero-order chi connectivity index (χ0) is 23.0. The van der Waals surface area contributed by atoms with Gasteiger partial charge in [-0.05, 0) is 37.1 Å². The quantitative estimate of drug-likeness (QED) is 0.516. The monoisotopic (exact) mass is 462 g/mol. The predicted octanol–water partition coefficient (Wildman–Crippen LogP) is 2.44. The first kappa shape index (κ1) is 24.2. The zero-order valence-corrected chi connectivity index (χ0v) is 19.3. The van der Waals surface area contributed by atoms with E-state index in [-0.39, 0.29) is 30.1 Å². The third-order valence-electron chi connectivity index (χ3n) is 5.28. The fraction of sp³-hybridized carbons (Fsp3) is 0.435. The van der Waals surface area contributed by atoms with Crippen LogP contribution >= 0.6 is 0 Å². The van der Waals surface area contributed by atoms with Gasteiger partial charge in [0.15, 0.2) is 0 Å². The lowest BCUT2D eigenvalue weighted by molar-refractivity contribution is 0.0505. The van der Waals surface area contributed by atoms with Crippen molar-refractivity contribution in [1.82, 2.24) is 9.62 Å². The van der Waals surface area contributed by atoms with Crippen LogP contribution in [0.15, 0.2) is 53.4 Å². The number of carbonyl (C=O) groups is 1. The lowest BCUT2D eigenvalue weighted by atomic mass is 10.1. The molecule has 1 aliphatic heterocycles. The molecular weight excluding hydrogens is 432 g/mol. The van der Waals surface area contributed by atoms with Gasteiger partial charge in [0.1, 0.15) is 5.75 Å². The van der Waals surface area contributed by atoms with Crippen LogP contribution in [0.2, 0.25) is 0 Å². The predicted molar refractivity (Wildman–Crippen MR) is 120 cm³/mol. The minimum atomic E-state index is -3.75. The van der Waals surface area contributed by atoms with Crippen LogP contribution in [0.4, 0.5) is 0 Å². The minimum Gasteiger partial charge on any atom is -0.496 e. The first-order valence-corrected chi connectivity index (χ1v) is 12.0. The van der Waals surface area contributed by atoms with Gasteiger partial charge in [0.2, 0.25) is 10.0 Å². The molecule has 32 heavy (non-hydrogen) atoms. The van der Waals surface area contributed by atoms with Crippen molar-refractivity contribution < 1.29 is 27.4 Å². The van der Waals surface area contributed by atoms with Crippen LogP contribution in [0.5, 0.6) is 5.75 Å². The van der Waals surface area contributed by atoms with Crippen LogP contribution in [0.25, 0.3) is 0 Å². The van der Waals surface area contributed by atoms with Crippen molar-refractivity contribution in [2.45, 2.75) is 30.4 Å². The lowest BCUT2D eigenvalue weighted by Gasteiger charge is -2.26. The molecule has 9 heteroatoms. The van der Waals surface area contributed by atoms with E-state index < -0.39 is 10.0 Å². The van der Waals surface area contributed by atoms with Crippen molar-refractivity contribution in [2.75, 3.05) is 40.5 Å². The van der Waals surface area contributed by atoms with Crippen LogP contribution in [0.1, 0.15) is 28.8 Å². The zero-order valence-electron chi connectivity index (χ0n) is 18.5. The van der Waals surface area contributed by atoms with Gasteiger partial charge in [-0.25, -0.2) is 13.1 Å². The van der Waals surface area contributed by atoms with E-state index in [0.717, 1.165) is 18.4 Å². The third kappa shape index (κ3) is 6.29. The highest BCUT2D eigenvalue weighted by Crippen LogP contribution is 2.23. The first-order chi connectivity index (χ1) is 15.4. The highest BCUT2D eigenvalue weighted by atomic mass is 32.2. The third-order valence-corrected chi connectivity index (χ3v) is 6.74. The van der Waals surface area contributed by atoms with Crippen LogP contribution in [0.3, 0.4) is 0 Å². The summed E-state index contributed by atoms with van der Waals surface area (Å²) in [6.45, 7) is 1.83. The van der Waals surface area contributed by atoms with Gasteiger partial charge in [0.05, 0.1) is 24.7 Å². The summed E-state index contributed by atoms with van der Waals surface area (Å²) in [6.07, 6.45) is 1.80. The van der Waals surface area contributed by atoms with Gasteiger partial charge >= 0.3 is 0 Å². The molecule has 1 atom stereocenters. The molecule has 1 fully saturated rings. The van der Waals surface area contributed by atoms with Gasteiger partial charge in [-0.2, -0.15) is 0 Å². The Hall–Kier alpha value is -2.46. The van der Waals surface area contributed by atoms with Gasteiger partial charge in [-0.1, -0.05) is 24.3 Å². The highest BCUT2D eigenvalue weighted by molar-refractivity contribution is 7.89. The molecule has 0 aromatic heterocycles. The molecule has 0 radical (unpaired) electrons. The number of methoxy groups -OCH3 is 2. The number of sulfonamides is 1. The molecule has 2 aromatic carbocycles. The van der Waals surface area contributed by atoms with Gasteiger partial charge in [0, 0.05) is 44.5 Å². The van der Waals surface area contributed by atoms with Gasteiger partial charge in [-0.3, -0.25) is 4.79 Å². The average molecular weight is 463 g/mol. The maximum Gasteiger partial charge on any atom is 0.254 e. The Balaban J connectivity index is 1.85. The van der Waals surface area contributed by atoms with E-state index in [1.807, 2.05) is 24.3 Å². The van der Waals surface area contributed by atoms with Gasteiger partial charge in [0.25, 0.3) is 5.91 Å². The number of para-hydroxylation sites is 1. The average Bonchev–Trinajstić information content (AvgIpc) is 3.32. The number of ether oxygens (including phenoxy) is 3. The van der Waals surface area contributed by atoms with E-state index in [4.69, 9.17) is 14.2 Å². The molecule has 8 nitrogen and oxygen atoms in total. The number of benzene rings is 2. The van der Waals surface area contributed by atoms with Crippen LogP contribution in [-0.2, 0) is 26.0 Å². The van der Waals surface area contributed by atoms with E-state index in [9.17, 15) is 13.2 Å². The van der Waals surface area contributed by atoms with Gasteiger partial charge in [-0.15, -0.1) is 0 Å². The Morgan fingerprint density at radius 3 is 2.72 bits per heavy atom. The molecule has 0 bridgehead atoms. The number of rotatable bonds is 11. The summed E-state index contributed by atoms with van der Waals surface area (Å²) in [5.41, 5.74) is 1.17. The standard InChI is InChI=1S/C23H30N2O6S/c1-29-14-12-24-32(27,28)21-10-5-8-18(15-21)23(26)25(17-20-9-6-13-31-20)16-19-7-3-4-11-22(19)30-2/h3-5,7-8,10-11,15,20,24H,6,9,12-14,16-17H2,1-2H3. The first-order valence-electron chi connectivity index (χ1n) is 10.6. The van der Waals surface area contributed by atoms with E-state index in [1.165, 1.54) is 19.2 Å². The molecule has 1 unspecified atom stereocenters. The van der Waals surface area contributed by atoms with Crippen LogP contribution in [-0.4, -0.2) is 65.9 Å². The number of nitrogens with zero attached hydrogens (tertiary/aromatic N) is 1. The number of hydrogen-bond acceptors (Lipinski definition) is 6. The molecular formula is C23H30N2O6S. The Morgan fingerprint density at radius 1 is 1.19 bits per heavy atom. The molecule has 1 N–H and O–H groups in total. The maximum absolute atomic E-state index is 13.5. The van der Waals surface area contributed by atoms with Crippen molar-refractivity contribution in [3.8, 4) is 5.75 Å². The topological polar surface area (TPSA) is 94.2 Å². The fourth-order valence-corrected chi connectivity index (χ4v) is 4.69. The van der Waals surface area contributed by atoms with Crippen molar-refractivity contribution >= 4 is 15.9 Å². The lowest BCUT2D eigenvalue weighted by Crippen LogP contribution is -2.37. The molecule has 2 aromatic rings. The normalized spacial score (nSPS) is 16.1. The Bertz CT molecular complexity index is 1010. The minimum absolute atomic E-state index is 0.0359. The maximum atomic E-state index is 13.5. The summed E-state index contributed by atoms with van der Waals surface area (Å²) in [5.74, 6) is 0.427. The second-order valence-electron chi connectivity index (χ2n) is 7.55. The van der Waals surface area contributed by atoms with Crippen LogP contribution < -0.4 is 9.46 Å². The molecule has 0 aliphatic carbocycles. The molecule has 0 spiro atoms. The van der Waals surface area contributed by atoms with E-state index >= 15 is 0 Å². The van der Waals surface area contributed by atoms with E-state index in [0.29, 0.717) is 31.0 Å². The fourth-order valence-electron chi connectivity index (χ4n) is 3.63. The Kier molecular flexibility index (Phi) is 8.63. The highest BCUT2D eigenvalue weighted by Gasteiger charge is 2.25. The largest absolute Gasteiger partial charge is 0.496 e. The summed E-state index contributed by atoms with van der Waals surface area (Å²) in [7, 11) is -0.660. The van der Waals surface area contributed by atoms with Crippen molar-refractivity contribution in [3.05, 3.63) is 59.7 Å². The SMILES string of the molecule is COCCNS(=O)(=O)c1cccc(C(=O)N(Cc2ccccc2OC)CC2CCCO2)c1. The van der Waals surface area contributed by atoms with Crippen molar-refractivity contribution in [2.24, 2.45) is 0 Å². The summed E-state index contributed by atoms with van der Waals surface area (Å²) < 4.78 is 43.7. The van der Waals surface area contributed by atoms with Gasteiger partial charge < -0.3 is 19.1 Å². The summed E-state index contributed by atoms with van der Waals surface area (Å²) in [5, 5.41) is 0.